The average Bonchev–Trinajstić information content (AvgIpc) is 2.44. The van der Waals surface area contributed by atoms with Gasteiger partial charge in [0.05, 0.1) is 17.1 Å². The summed E-state index contributed by atoms with van der Waals surface area (Å²) in [5, 5.41) is 2.70. The average molecular weight is 292 g/mol. The van der Waals surface area contributed by atoms with Gasteiger partial charge in [-0.15, -0.1) is 0 Å². The maximum atomic E-state index is 13.5. The maximum Gasteiger partial charge on any atom is 0.237 e. The number of nitrogen functional groups attached to an aromatic ring is 1. The molecule has 1 aromatic heterocycles. The van der Waals surface area contributed by atoms with Crippen LogP contribution in [0.15, 0.2) is 41.8 Å². The topological polar surface area (TPSA) is 80.9 Å². The van der Waals surface area contributed by atoms with Crippen molar-refractivity contribution in [3.05, 3.63) is 42.6 Å². The highest BCUT2D eigenvalue weighted by atomic mass is 32.2. The van der Waals surface area contributed by atoms with Crippen LogP contribution >= 0.6 is 11.8 Å². The van der Waals surface area contributed by atoms with Crippen molar-refractivity contribution in [2.75, 3.05) is 11.1 Å². The van der Waals surface area contributed by atoms with Crippen LogP contribution in [0, 0.1) is 5.82 Å². The van der Waals surface area contributed by atoms with Gasteiger partial charge in [0.25, 0.3) is 0 Å². The van der Waals surface area contributed by atoms with Crippen molar-refractivity contribution in [3.63, 3.8) is 0 Å². The van der Waals surface area contributed by atoms with Crippen molar-refractivity contribution in [2.24, 2.45) is 0 Å². The number of hydrogen-bond acceptors (Lipinski definition) is 5. The van der Waals surface area contributed by atoms with Gasteiger partial charge in [-0.3, -0.25) is 9.78 Å². The third kappa shape index (κ3) is 3.67. The highest BCUT2D eigenvalue weighted by Crippen LogP contribution is 2.23. The summed E-state index contributed by atoms with van der Waals surface area (Å²) in [7, 11) is 0. The quantitative estimate of drug-likeness (QED) is 0.667. The van der Waals surface area contributed by atoms with E-state index in [0.29, 0.717) is 10.7 Å². The number of halogens is 1. The number of rotatable bonds is 4. The fourth-order valence-corrected chi connectivity index (χ4v) is 2.23. The molecule has 2 aromatic rings. The second-order valence-corrected chi connectivity index (χ2v) is 5.39. The van der Waals surface area contributed by atoms with Crippen LogP contribution in [-0.2, 0) is 4.79 Å². The molecule has 0 aliphatic heterocycles. The third-order valence-electron chi connectivity index (χ3n) is 2.45. The fraction of sp³-hybridized carbons (Fsp3) is 0.154. The molecule has 7 heteroatoms. The number of nitrogens with two attached hydrogens (primary N) is 1. The van der Waals surface area contributed by atoms with Gasteiger partial charge in [-0.05, 0) is 25.1 Å². The van der Waals surface area contributed by atoms with E-state index in [1.165, 1.54) is 30.0 Å². The van der Waals surface area contributed by atoms with Crippen LogP contribution in [0.2, 0.25) is 0 Å². The molecule has 1 atom stereocenters. The Morgan fingerprint density at radius 3 is 2.95 bits per heavy atom. The zero-order valence-corrected chi connectivity index (χ0v) is 11.5. The number of nitrogens with zero attached hydrogens (tertiary/aromatic N) is 2. The van der Waals surface area contributed by atoms with Crippen LogP contribution < -0.4 is 11.1 Å². The van der Waals surface area contributed by atoms with Gasteiger partial charge >= 0.3 is 0 Å². The summed E-state index contributed by atoms with van der Waals surface area (Å²) in [6.07, 6.45) is 4.66. The highest BCUT2D eigenvalue weighted by Gasteiger charge is 2.16. The molecule has 5 nitrogen and oxygen atoms in total. The SMILES string of the molecule is CC(Sc1cnccn1)C(=O)Nc1cc(N)ccc1F. The molecule has 20 heavy (non-hydrogen) atoms. The van der Waals surface area contributed by atoms with Crippen molar-refractivity contribution in [2.45, 2.75) is 17.2 Å². The first kappa shape index (κ1) is 14.3. The van der Waals surface area contributed by atoms with Crippen molar-refractivity contribution >= 4 is 29.0 Å². The normalized spacial score (nSPS) is 11.9. The molecule has 1 amide bonds. The number of nitrogens with one attached hydrogen (secondary N) is 1. The van der Waals surface area contributed by atoms with E-state index in [2.05, 4.69) is 15.3 Å². The van der Waals surface area contributed by atoms with Gasteiger partial charge in [-0.1, -0.05) is 11.8 Å². The highest BCUT2D eigenvalue weighted by molar-refractivity contribution is 8.00. The van der Waals surface area contributed by atoms with Crippen LogP contribution in [0.1, 0.15) is 6.92 Å². The summed E-state index contributed by atoms with van der Waals surface area (Å²) < 4.78 is 13.5. The summed E-state index contributed by atoms with van der Waals surface area (Å²) in [6.45, 7) is 1.71. The monoisotopic (exact) mass is 292 g/mol. The van der Waals surface area contributed by atoms with Gasteiger partial charge in [-0.2, -0.15) is 0 Å². The molecule has 0 aliphatic carbocycles. The summed E-state index contributed by atoms with van der Waals surface area (Å²) in [6, 6.07) is 4.03. The minimum Gasteiger partial charge on any atom is -0.399 e. The first-order valence-electron chi connectivity index (χ1n) is 5.85. The Bertz CT molecular complexity index is 609. The number of anilines is 2. The van der Waals surface area contributed by atoms with E-state index in [4.69, 9.17) is 5.73 Å². The third-order valence-corrected chi connectivity index (χ3v) is 3.47. The Kier molecular flexibility index (Phi) is 4.52. The number of carbonyl (C=O) groups excluding carboxylic acids is 1. The lowest BCUT2D eigenvalue weighted by Crippen LogP contribution is -2.23. The van der Waals surface area contributed by atoms with Crippen molar-refractivity contribution in [1.82, 2.24) is 9.97 Å². The summed E-state index contributed by atoms with van der Waals surface area (Å²) in [5.74, 6) is -0.852. The smallest absolute Gasteiger partial charge is 0.237 e. The lowest BCUT2D eigenvalue weighted by Gasteiger charge is -2.12. The Hall–Kier alpha value is -2.15. The molecule has 0 bridgehead atoms. The van der Waals surface area contributed by atoms with Gasteiger partial charge in [0.15, 0.2) is 0 Å². The first-order valence-corrected chi connectivity index (χ1v) is 6.73. The lowest BCUT2D eigenvalue weighted by molar-refractivity contribution is -0.115. The largest absolute Gasteiger partial charge is 0.399 e. The van der Waals surface area contributed by atoms with Crippen molar-refractivity contribution in [3.8, 4) is 0 Å². The molecule has 0 fully saturated rings. The summed E-state index contributed by atoms with van der Waals surface area (Å²) >= 11 is 1.24. The van der Waals surface area contributed by atoms with E-state index in [0.717, 1.165) is 0 Å². The number of hydrogen-bond donors (Lipinski definition) is 2. The summed E-state index contributed by atoms with van der Waals surface area (Å²) in [5.41, 5.74) is 6.02. The van der Waals surface area contributed by atoms with Gasteiger partial charge in [0.2, 0.25) is 5.91 Å². The molecule has 3 N–H and O–H groups in total. The van der Waals surface area contributed by atoms with Crippen molar-refractivity contribution < 1.29 is 9.18 Å². The minimum absolute atomic E-state index is 0.0709. The van der Waals surface area contributed by atoms with Crippen LogP contribution in [0.25, 0.3) is 0 Å². The number of aromatic nitrogens is 2. The van der Waals surface area contributed by atoms with Gasteiger partial charge < -0.3 is 11.1 Å². The molecular weight excluding hydrogens is 279 g/mol. The number of thioether (sulfide) groups is 1. The van der Waals surface area contributed by atoms with E-state index in [1.54, 1.807) is 25.5 Å². The second-order valence-electron chi connectivity index (χ2n) is 4.03. The molecule has 0 radical (unpaired) electrons. The predicted molar refractivity (Wildman–Crippen MR) is 76.8 cm³/mol. The maximum absolute atomic E-state index is 13.5. The van der Waals surface area contributed by atoms with Crippen LogP contribution in [0.4, 0.5) is 15.8 Å². The Morgan fingerprint density at radius 1 is 1.45 bits per heavy atom. The minimum atomic E-state index is -0.524. The van der Waals surface area contributed by atoms with Crippen LogP contribution in [0.5, 0.6) is 0 Å². The van der Waals surface area contributed by atoms with Gasteiger partial charge in [0.1, 0.15) is 10.8 Å². The molecule has 0 saturated heterocycles. The predicted octanol–water partition coefficient (Wildman–Crippen LogP) is 2.32. The van der Waals surface area contributed by atoms with E-state index >= 15 is 0 Å². The molecule has 1 aromatic carbocycles. The zero-order chi connectivity index (χ0) is 14.5. The second kappa shape index (κ2) is 6.33. The zero-order valence-electron chi connectivity index (χ0n) is 10.7. The first-order chi connectivity index (χ1) is 9.56. The van der Waals surface area contributed by atoms with Crippen molar-refractivity contribution in [1.29, 1.82) is 0 Å². The number of benzene rings is 1. The lowest BCUT2D eigenvalue weighted by atomic mass is 10.2. The van der Waals surface area contributed by atoms with E-state index in [-0.39, 0.29) is 11.6 Å². The molecule has 1 heterocycles. The van der Waals surface area contributed by atoms with E-state index < -0.39 is 11.1 Å². The fourth-order valence-electron chi connectivity index (χ4n) is 1.45. The molecular formula is C13H13FN4OS. The van der Waals surface area contributed by atoms with Crippen LogP contribution in [-0.4, -0.2) is 21.1 Å². The molecule has 104 valence electrons. The Labute approximate surface area is 119 Å². The number of amides is 1. The molecule has 1 unspecified atom stereocenters. The van der Waals surface area contributed by atoms with Crippen LogP contribution in [0.3, 0.4) is 0 Å². The molecule has 0 spiro atoms. The standard InChI is InChI=1S/C13H13FN4OS/c1-8(20-12-7-16-4-5-17-12)13(19)18-11-6-9(15)2-3-10(11)14/h2-8H,15H2,1H3,(H,18,19). The van der Waals surface area contributed by atoms with E-state index in [1.807, 2.05) is 0 Å². The van der Waals surface area contributed by atoms with E-state index in [9.17, 15) is 9.18 Å². The molecule has 0 saturated carbocycles. The Morgan fingerprint density at radius 2 is 2.25 bits per heavy atom. The molecule has 2 rings (SSSR count). The molecule has 0 aliphatic rings. The Balaban J connectivity index is 2.02. The van der Waals surface area contributed by atoms with Gasteiger partial charge in [0, 0.05) is 18.1 Å². The summed E-state index contributed by atoms with van der Waals surface area (Å²) in [4.78, 5) is 20.0. The number of carbonyl (C=O) groups is 1. The van der Waals surface area contributed by atoms with Gasteiger partial charge in [-0.25, -0.2) is 9.37 Å².